The zero-order valence-corrected chi connectivity index (χ0v) is 42.3. The summed E-state index contributed by atoms with van der Waals surface area (Å²) in [4.78, 5) is 13.0. The first-order valence-corrected chi connectivity index (χ1v) is 26.5. The van der Waals surface area contributed by atoms with Crippen LogP contribution in [0.15, 0.2) is 94.4 Å². The highest BCUT2D eigenvalue weighted by atomic mass is 32.2. The standard InChI is InChI=1S/C54H70N2O8S2/c1-36(2)23-26-53(9)49(55(28-15-12-16-30-64-35-57)46-22-20-43-44(51(46)53)31-39(7)32-48(43)66(61,62)63)17-13-11-14-18-50-54(10,27-24-37(3)4)52-45-34-41(65(58,59)60)33-40(8)42(45)19-21-47(52)56(50)29-25-38(5)6/h11,13-14,17-22,31-38H,12,15-16,23-30H2,1-10H3,(H-,58,59,60,61,62,63)/p+1. The van der Waals surface area contributed by atoms with Gasteiger partial charge in [0.15, 0.2) is 5.71 Å². The van der Waals surface area contributed by atoms with Crippen LogP contribution in [0.5, 0.6) is 0 Å². The number of allylic oxidation sites excluding steroid dienone is 6. The molecule has 0 aliphatic carbocycles. The van der Waals surface area contributed by atoms with Crippen molar-refractivity contribution in [1.29, 1.82) is 0 Å². The van der Waals surface area contributed by atoms with Gasteiger partial charge in [0, 0.05) is 52.9 Å². The number of hydrogen-bond acceptors (Lipinski definition) is 7. The van der Waals surface area contributed by atoms with Gasteiger partial charge in [0.2, 0.25) is 5.69 Å². The summed E-state index contributed by atoms with van der Waals surface area (Å²) in [7, 11) is -8.95. The molecule has 356 valence electrons. The Morgan fingerprint density at radius 1 is 0.712 bits per heavy atom. The molecule has 0 radical (unpaired) electrons. The summed E-state index contributed by atoms with van der Waals surface area (Å²) in [5, 5.41) is 3.12. The zero-order valence-electron chi connectivity index (χ0n) is 40.6. The van der Waals surface area contributed by atoms with Crippen LogP contribution in [0.25, 0.3) is 21.5 Å². The molecule has 0 fully saturated rings. The summed E-state index contributed by atoms with van der Waals surface area (Å²) in [6.07, 6.45) is 17.6. The smallest absolute Gasteiger partial charge is 0.295 e. The summed E-state index contributed by atoms with van der Waals surface area (Å²) < 4.78 is 78.7. The van der Waals surface area contributed by atoms with Crippen LogP contribution in [0.1, 0.15) is 129 Å². The molecule has 0 amide bonds. The first-order chi connectivity index (χ1) is 31.0. The molecular weight excluding hydrogens is 869 g/mol. The van der Waals surface area contributed by atoms with Crippen molar-refractivity contribution in [3.63, 3.8) is 0 Å². The highest BCUT2D eigenvalue weighted by molar-refractivity contribution is 7.86. The second kappa shape index (κ2) is 20.3. The number of unbranched alkanes of at least 4 members (excludes halogenated alkanes) is 2. The Bertz CT molecular complexity index is 2840. The van der Waals surface area contributed by atoms with E-state index in [-0.39, 0.29) is 9.79 Å². The number of carbonyl (C=O) groups is 1. The van der Waals surface area contributed by atoms with Crippen LogP contribution in [0.3, 0.4) is 0 Å². The number of rotatable bonds is 21. The fourth-order valence-electron chi connectivity index (χ4n) is 10.3. The van der Waals surface area contributed by atoms with Crippen molar-refractivity contribution in [2.45, 2.75) is 141 Å². The van der Waals surface area contributed by atoms with Crippen molar-refractivity contribution in [1.82, 2.24) is 0 Å². The first kappa shape index (κ1) is 50.8. The Morgan fingerprint density at radius 2 is 1.36 bits per heavy atom. The van der Waals surface area contributed by atoms with Gasteiger partial charge in [0.05, 0.1) is 16.9 Å². The van der Waals surface area contributed by atoms with Gasteiger partial charge in [-0.15, -0.1) is 0 Å². The second-order valence-corrected chi connectivity index (χ2v) is 23.1. The van der Waals surface area contributed by atoms with Gasteiger partial charge < -0.3 is 9.64 Å². The second-order valence-electron chi connectivity index (χ2n) is 20.3. The summed E-state index contributed by atoms with van der Waals surface area (Å²) in [5.41, 5.74) is 7.01. The Morgan fingerprint density at radius 3 is 2.00 bits per heavy atom. The molecule has 2 N–H and O–H groups in total. The predicted octanol–water partition coefficient (Wildman–Crippen LogP) is 12.5. The maximum absolute atomic E-state index is 12.8. The van der Waals surface area contributed by atoms with E-state index >= 15 is 0 Å². The SMILES string of the molecule is Cc1cc(S(=O)(=O)O)c2ccc3c(c2c1)C(C)(CCC(C)C)C(/C=C/C=C/C=C1/N(CCC(C)C)c2ccc4c(C)cc(S(=O)(=O)O)cc4c2C1(C)CCC(C)C)=[N+]3CCCCCOC=O. The molecule has 0 bridgehead atoms. The monoisotopic (exact) mass is 939 g/mol. The number of fused-ring (bicyclic) bond motifs is 6. The number of aryl methyl sites for hydroxylation is 2. The minimum Gasteiger partial charge on any atom is -0.468 e. The third-order valence-corrected chi connectivity index (χ3v) is 15.5. The van der Waals surface area contributed by atoms with Gasteiger partial charge in [0.25, 0.3) is 26.7 Å². The molecule has 0 saturated heterocycles. The Balaban J connectivity index is 1.50. The molecular formula is C54H71N2O8S2+. The van der Waals surface area contributed by atoms with E-state index in [0.29, 0.717) is 42.8 Å². The molecule has 4 aromatic carbocycles. The van der Waals surface area contributed by atoms with Crippen molar-refractivity contribution in [3.8, 4) is 0 Å². The number of carbonyl (C=O) groups excluding carboxylic acids is 1. The van der Waals surface area contributed by atoms with Gasteiger partial charge >= 0.3 is 0 Å². The Kier molecular flexibility index (Phi) is 15.6. The fraction of sp³-hybridized carbons (Fsp3) is 0.481. The average Bonchev–Trinajstić information content (AvgIpc) is 3.62. The number of anilines is 1. The number of nitrogens with zero attached hydrogens (tertiary/aromatic N) is 2. The van der Waals surface area contributed by atoms with E-state index in [1.54, 1.807) is 12.1 Å². The van der Waals surface area contributed by atoms with E-state index in [0.717, 1.165) is 119 Å². The highest BCUT2D eigenvalue weighted by Crippen LogP contribution is 2.54. The lowest BCUT2D eigenvalue weighted by atomic mass is 9.73. The molecule has 2 heterocycles. The predicted molar refractivity (Wildman–Crippen MR) is 269 cm³/mol. The van der Waals surface area contributed by atoms with Crippen LogP contribution in [0.2, 0.25) is 0 Å². The largest absolute Gasteiger partial charge is 0.468 e. The summed E-state index contributed by atoms with van der Waals surface area (Å²) >= 11 is 0. The quantitative estimate of drug-likeness (QED) is 0.0274. The van der Waals surface area contributed by atoms with Gasteiger partial charge in [0.1, 0.15) is 11.4 Å². The van der Waals surface area contributed by atoms with E-state index in [1.807, 2.05) is 32.0 Å². The van der Waals surface area contributed by atoms with Crippen molar-refractivity contribution < 1.29 is 40.0 Å². The van der Waals surface area contributed by atoms with Crippen LogP contribution < -0.4 is 4.90 Å². The molecule has 12 heteroatoms. The maximum atomic E-state index is 12.8. The van der Waals surface area contributed by atoms with Gasteiger partial charge in [-0.3, -0.25) is 13.9 Å². The lowest BCUT2D eigenvalue weighted by molar-refractivity contribution is -0.438. The summed E-state index contributed by atoms with van der Waals surface area (Å²) in [6.45, 7) is 24.0. The third-order valence-electron chi connectivity index (χ3n) is 13.8. The maximum Gasteiger partial charge on any atom is 0.295 e. The molecule has 0 aromatic heterocycles. The number of ether oxygens (including phenoxy) is 1. The molecule has 10 nitrogen and oxygen atoms in total. The Labute approximate surface area is 394 Å². The first-order valence-electron chi connectivity index (χ1n) is 23.7. The van der Waals surface area contributed by atoms with Crippen molar-refractivity contribution >= 4 is 65.3 Å². The van der Waals surface area contributed by atoms with Crippen molar-refractivity contribution in [2.24, 2.45) is 17.8 Å². The lowest BCUT2D eigenvalue weighted by Crippen LogP contribution is -2.32. The van der Waals surface area contributed by atoms with Crippen LogP contribution in [0.4, 0.5) is 11.4 Å². The van der Waals surface area contributed by atoms with Crippen LogP contribution >= 0.6 is 0 Å². The highest BCUT2D eigenvalue weighted by Gasteiger charge is 2.49. The van der Waals surface area contributed by atoms with Crippen molar-refractivity contribution in [2.75, 3.05) is 24.6 Å². The molecule has 6 rings (SSSR count). The molecule has 4 aromatic rings. The topological polar surface area (TPSA) is 141 Å². The molecule has 0 spiro atoms. The molecule has 2 aliphatic rings. The van der Waals surface area contributed by atoms with E-state index in [1.165, 1.54) is 6.07 Å². The minimum absolute atomic E-state index is 0.0906. The van der Waals surface area contributed by atoms with E-state index < -0.39 is 31.1 Å². The number of hydrogen-bond donors (Lipinski definition) is 2. The molecule has 2 atom stereocenters. The molecule has 2 aliphatic heterocycles. The van der Waals surface area contributed by atoms with Gasteiger partial charge in [-0.25, -0.2) is 0 Å². The molecule has 66 heavy (non-hydrogen) atoms. The van der Waals surface area contributed by atoms with E-state index in [9.17, 15) is 30.7 Å². The number of benzene rings is 4. The molecule has 0 saturated carbocycles. The zero-order chi connectivity index (χ0) is 48.4. The van der Waals surface area contributed by atoms with E-state index in [2.05, 4.69) is 107 Å². The summed E-state index contributed by atoms with van der Waals surface area (Å²) in [6, 6.07) is 14.8. The van der Waals surface area contributed by atoms with Crippen LogP contribution in [-0.4, -0.2) is 62.4 Å². The lowest BCUT2D eigenvalue weighted by Gasteiger charge is -2.32. The van der Waals surface area contributed by atoms with Gasteiger partial charge in [-0.1, -0.05) is 71.9 Å². The average molecular weight is 940 g/mol. The Hall–Kier alpha value is -4.62. The van der Waals surface area contributed by atoms with Gasteiger partial charge in [-0.2, -0.15) is 21.4 Å². The van der Waals surface area contributed by atoms with Gasteiger partial charge in [-0.05, 0) is 160 Å². The van der Waals surface area contributed by atoms with Crippen molar-refractivity contribution in [3.05, 3.63) is 107 Å². The third kappa shape index (κ3) is 10.6. The van der Waals surface area contributed by atoms with Crippen LogP contribution in [0, 0.1) is 31.6 Å². The summed E-state index contributed by atoms with van der Waals surface area (Å²) in [5.74, 6) is 1.31. The van der Waals surface area contributed by atoms with E-state index in [4.69, 9.17) is 4.74 Å². The molecule has 2 unspecified atom stereocenters. The minimum atomic E-state index is -4.50. The fourth-order valence-corrected chi connectivity index (χ4v) is 11.7. The normalized spacial score (nSPS) is 19.6. The van der Waals surface area contributed by atoms with Crippen LogP contribution in [-0.2, 0) is 40.6 Å².